The number of nitrogens with one attached hydrogen (secondary N) is 1. The zero-order chi connectivity index (χ0) is 15.8. The fourth-order valence-electron chi connectivity index (χ4n) is 2.71. The van der Waals surface area contributed by atoms with Crippen LogP contribution in [0.25, 0.3) is 0 Å². The summed E-state index contributed by atoms with van der Waals surface area (Å²) in [5, 5.41) is 2.92. The Morgan fingerprint density at radius 1 is 1.29 bits per heavy atom. The van der Waals surface area contributed by atoms with E-state index < -0.39 is 0 Å². The first-order valence-electron chi connectivity index (χ1n) is 8.25. The maximum Gasteiger partial charge on any atom is 0.246 e. The molecule has 1 aliphatic heterocycles. The summed E-state index contributed by atoms with van der Waals surface area (Å²) in [4.78, 5) is 26.8. The molecule has 1 rings (SSSR count). The van der Waals surface area contributed by atoms with E-state index in [1.54, 1.807) is 4.90 Å². The topological polar surface area (TPSA) is 58.6 Å². The van der Waals surface area contributed by atoms with Crippen LogP contribution in [0.2, 0.25) is 0 Å². The van der Waals surface area contributed by atoms with E-state index >= 15 is 0 Å². The zero-order valence-electron chi connectivity index (χ0n) is 13.9. The van der Waals surface area contributed by atoms with Crippen molar-refractivity contribution in [2.75, 3.05) is 19.8 Å². The summed E-state index contributed by atoms with van der Waals surface area (Å²) in [6, 6.07) is -0.688. The van der Waals surface area contributed by atoms with Gasteiger partial charge >= 0.3 is 0 Å². The molecule has 0 saturated carbocycles. The first-order chi connectivity index (χ1) is 10.1. The van der Waals surface area contributed by atoms with Crippen LogP contribution in [0.3, 0.4) is 0 Å². The van der Waals surface area contributed by atoms with Gasteiger partial charge in [-0.05, 0) is 25.7 Å². The van der Waals surface area contributed by atoms with Gasteiger partial charge < -0.3 is 15.0 Å². The second kappa shape index (κ2) is 9.03. The van der Waals surface area contributed by atoms with Crippen LogP contribution in [-0.4, -0.2) is 48.6 Å². The van der Waals surface area contributed by atoms with Crippen molar-refractivity contribution in [3.63, 3.8) is 0 Å². The van der Waals surface area contributed by atoms with E-state index in [0.717, 1.165) is 25.7 Å². The van der Waals surface area contributed by atoms with Gasteiger partial charge in [-0.1, -0.05) is 33.6 Å². The average molecular weight is 298 g/mol. The number of hydrogen-bond acceptors (Lipinski definition) is 3. The molecular formula is C16H30N2O3. The highest BCUT2D eigenvalue weighted by molar-refractivity contribution is 5.97. The fraction of sp³-hybridized carbons (Fsp3) is 0.875. The molecular weight excluding hydrogens is 268 g/mol. The van der Waals surface area contributed by atoms with E-state index in [-0.39, 0.29) is 29.8 Å². The third kappa shape index (κ3) is 4.70. The van der Waals surface area contributed by atoms with Crippen molar-refractivity contribution in [3.8, 4) is 0 Å². The van der Waals surface area contributed by atoms with Crippen LogP contribution in [0.15, 0.2) is 0 Å². The van der Waals surface area contributed by atoms with Crippen LogP contribution in [0.1, 0.15) is 53.4 Å². The van der Waals surface area contributed by atoms with Crippen molar-refractivity contribution in [2.45, 2.75) is 65.5 Å². The van der Waals surface area contributed by atoms with E-state index in [4.69, 9.17) is 4.74 Å². The number of piperazine rings is 1. The largest absolute Gasteiger partial charge is 0.382 e. The second-order valence-corrected chi connectivity index (χ2v) is 5.76. The number of hydrogen-bond donors (Lipinski definition) is 1. The highest BCUT2D eigenvalue weighted by Crippen LogP contribution is 2.20. The number of rotatable bonds is 9. The van der Waals surface area contributed by atoms with E-state index in [1.807, 2.05) is 27.7 Å². The molecule has 2 amide bonds. The number of nitrogens with zero attached hydrogens (tertiary/aromatic N) is 1. The molecule has 122 valence electrons. The van der Waals surface area contributed by atoms with Gasteiger partial charge in [0.2, 0.25) is 11.8 Å². The van der Waals surface area contributed by atoms with Crippen LogP contribution in [0, 0.1) is 5.92 Å². The number of ether oxygens (including phenoxy) is 1. The SMILES string of the molecule is CCCC1C(=O)NC(C(C)CC)C(=O)N1CCCOCC. The molecule has 0 aromatic rings. The molecule has 0 radical (unpaired) electrons. The Bertz CT molecular complexity index is 346. The monoisotopic (exact) mass is 298 g/mol. The zero-order valence-corrected chi connectivity index (χ0v) is 13.9. The van der Waals surface area contributed by atoms with Crippen molar-refractivity contribution in [2.24, 2.45) is 5.92 Å². The lowest BCUT2D eigenvalue weighted by Crippen LogP contribution is -2.65. The predicted octanol–water partition coefficient (Wildman–Crippen LogP) is 1.95. The van der Waals surface area contributed by atoms with Gasteiger partial charge in [0.15, 0.2) is 0 Å². The summed E-state index contributed by atoms with van der Waals surface area (Å²) >= 11 is 0. The molecule has 3 unspecified atom stereocenters. The molecule has 21 heavy (non-hydrogen) atoms. The summed E-state index contributed by atoms with van der Waals surface area (Å²) in [5.41, 5.74) is 0. The molecule has 1 saturated heterocycles. The summed E-state index contributed by atoms with van der Waals surface area (Å²) in [5.74, 6) is 0.232. The number of carbonyl (C=O) groups is 2. The summed E-state index contributed by atoms with van der Waals surface area (Å²) in [6.45, 7) is 9.97. The maximum atomic E-state index is 12.7. The number of carbonyl (C=O) groups excluding carboxylic acids is 2. The molecule has 3 atom stereocenters. The maximum absolute atomic E-state index is 12.7. The molecule has 1 fully saturated rings. The molecule has 1 aliphatic rings. The third-order valence-electron chi connectivity index (χ3n) is 4.19. The highest BCUT2D eigenvalue weighted by Gasteiger charge is 2.41. The summed E-state index contributed by atoms with van der Waals surface area (Å²) in [7, 11) is 0. The quantitative estimate of drug-likeness (QED) is 0.662. The van der Waals surface area contributed by atoms with Gasteiger partial charge in [0.05, 0.1) is 0 Å². The first-order valence-corrected chi connectivity index (χ1v) is 8.25. The van der Waals surface area contributed by atoms with E-state index in [0.29, 0.717) is 19.8 Å². The minimum absolute atomic E-state index is 0.00170. The summed E-state index contributed by atoms with van der Waals surface area (Å²) in [6.07, 6.45) is 3.27. The Morgan fingerprint density at radius 2 is 2.00 bits per heavy atom. The molecule has 1 heterocycles. The highest BCUT2D eigenvalue weighted by atomic mass is 16.5. The minimum atomic E-state index is -0.373. The van der Waals surface area contributed by atoms with Crippen LogP contribution in [0.4, 0.5) is 0 Å². The minimum Gasteiger partial charge on any atom is -0.382 e. The van der Waals surface area contributed by atoms with Crippen LogP contribution in [0.5, 0.6) is 0 Å². The lowest BCUT2D eigenvalue weighted by molar-refractivity contribution is -0.151. The van der Waals surface area contributed by atoms with Gasteiger partial charge in [0.25, 0.3) is 0 Å². The Balaban J connectivity index is 2.77. The van der Waals surface area contributed by atoms with Gasteiger partial charge in [0.1, 0.15) is 12.1 Å². The second-order valence-electron chi connectivity index (χ2n) is 5.76. The van der Waals surface area contributed by atoms with Gasteiger partial charge in [0, 0.05) is 19.8 Å². The molecule has 0 aromatic heterocycles. The van der Waals surface area contributed by atoms with Crippen molar-refractivity contribution >= 4 is 11.8 Å². The molecule has 5 nitrogen and oxygen atoms in total. The Kier molecular flexibility index (Phi) is 7.72. The van der Waals surface area contributed by atoms with E-state index in [9.17, 15) is 9.59 Å². The van der Waals surface area contributed by atoms with Crippen LogP contribution in [-0.2, 0) is 14.3 Å². The van der Waals surface area contributed by atoms with Crippen molar-refractivity contribution < 1.29 is 14.3 Å². The van der Waals surface area contributed by atoms with Gasteiger partial charge in [-0.25, -0.2) is 0 Å². The fourth-order valence-corrected chi connectivity index (χ4v) is 2.71. The van der Waals surface area contributed by atoms with Crippen molar-refractivity contribution in [1.29, 1.82) is 0 Å². The average Bonchev–Trinajstić information content (AvgIpc) is 2.48. The van der Waals surface area contributed by atoms with Gasteiger partial charge in [-0.2, -0.15) is 0 Å². The van der Waals surface area contributed by atoms with Crippen LogP contribution < -0.4 is 5.32 Å². The summed E-state index contributed by atoms with van der Waals surface area (Å²) < 4.78 is 5.34. The molecule has 0 bridgehead atoms. The molecule has 0 aliphatic carbocycles. The molecule has 0 spiro atoms. The van der Waals surface area contributed by atoms with Crippen LogP contribution >= 0.6 is 0 Å². The Hall–Kier alpha value is -1.10. The predicted molar refractivity (Wildman–Crippen MR) is 82.9 cm³/mol. The standard InChI is InChI=1S/C16H30N2O3/c1-5-9-13-15(19)17-14(12(4)6-2)16(20)18(13)10-8-11-21-7-3/h12-14H,5-11H2,1-4H3,(H,17,19). The smallest absolute Gasteiger partial charge is 0.246 e. The number of amides is 2. The van der Waals surface area contributed by atoms with E-state index in [1.165, 1.54) is 0 Å². The Morgan fingerprint density at radius 3 is 2.57 bits per heavy atom. The lowest BCUT2D eigenvalue weighted by Gasteiger charge is -2.40. The molecule has 1 N–H and O–H groups in total. The van der Waals surface area contributed by atoms with Crippen molar-refractivity contribution in [3.05, 3.63) is 0 Å². The van der Waals surface area contributed by atoms with Crippen molar-refractivity contribution in [1.82, 2.24) is 10.2 Å². The molecule has 5 heteroatoms. The van der Waals surface area contributed by atoms with Gasteiger partial charge in [-0.15, -0.1) is 0 Å². The third-order valence-corrected chi connectivity index (χ3v) is 4.19. The van der Waals surface area contributed by atoms with E-state index in [2.05, 4.69) is 5.32 Å². The lowest BCUT2D eigenvalue weighted by atomic mass is 9.93. The Labute approximate surface area is 128 Å². The first kappa shape index (κ1) is 18.0. The van der Waals surface area contributed by atoms with Gasteiger partial charge in [-0.3, -0.25) is 9.59 Å². The normalized spacial score (nSPS) is 24.1. The molecule has 0 aromatic carbocycles.